The highest BCUT2D eigenvalue weighted by atomic mass is 79.9. The van der Waals surface area contributed by atoms with Gasteiger partial charge in [0, 0.05) is 11.9 Å². The maximum atomic E-state index is 5.46. The van der Waals surface area contributed by atoms with Crippen molar-refractivity contribution in [3.63, 3.8) is 0 Å². The molecule has 0 aliphatic carbocycles. The van der Waals surface area contributed by atoms with Crippen molar-refractivity contribution in [3.8, 4) is 0 Å². The molecule has 0 aromatic carbocycles. The molecule has 0 aromatic rings. The lowest BCUT2D eigenvalue weighted by molar-refractivity contribution is 0.0699. The Bertz CT molecular complexity index is 79.6. The quantitative estimate of drug-likeness (QED) is 0.628. The summed E-state index contributed by atoms with van der Waals surface area (Å²) in [6.07, 6.45) is 2.80. The van der Waals surface area contributed by atoms with Gasteiger partial charge in [-0.3, -0.25) is 0 Å². The van der Waals surface area contributed by atoms with Crippen LogP contribution in [0.4, 0.5) is 0 Å². The lowest BCUT2D eigenvalue weighted by atomic mass is 10.1. The summed E-state index contributed by atoms with van der Waals surface area (Å²) in [5, 5.41) is 1.10. The summed E-state index contributed by atoms with van der Waals surface area (Å²) in [6, 6.07) is 0. The Labute approximate surface area is 78.6 Å². The maximum absolute atomic E-state index is 5.46. The molecule has 0 aliphatic heterocycles. The summed E-state index contributed by atoms with van der Waals surface area (Å²) in [6.45, 7) is 7.28. The Hall–Kier alpha value is 0.440. The van der Waals surface area contributed by atoms with E-state index in [0.29, 0.717) is 6.10 Å². The number of rotatable bonds is 6. The van der Waals surface area contributed by atoms with Crippen LogP contribution in [0.5, 0.6) is 0 Å². The molecule has 0 aromatic heterocycles. The predicted molar refractivity (Wildman–Crippen MR) is 53.3 cm³/mol. The molecule has 2 heteroatoms. The largest absolute Gasteiger partial charge is 0.379 e. The maximum Gasteiger partial charge on any atom is 0.0518 e. The standard InChI is InChI=1S/C9H19BrO/c1-4-9(7-10)5-6-11-8(2)3/h8-9H,4-7H2,1-3H3. The van der Waals surface area contributed by atoms with E-state index in [4.69, 9.17) is 4.74 Å². The normalized spacial score (nSPS) is 13.9. The molecule has 0 fully saturated rings. The highest BCUT2D eigenvalue weighted by Crippen LogP contribution is 2.11. The first-order valence-corrected chi connectivity index (χ1v) is 5.50. The molecular formula is C9H19BrO. The lowest BCUT2D eigenvalue weighted by Gasteiger charge is -2.12. The average molecular weight is 223 g/mol. The van der Waals surface area contributed by atoms with Gasteiger partial charge in [-0.2, -0.15) is 0 Å². The third kappa shape index (κ3) is 6.82. The van der Waals surface area contributed by atoms with E-state index < -0.39 is 0 Å². The van der Waals surface area contributed by atoms with E-state index in [2.05, 4.69) is 36.7 Å². The van der Waals surface area contributed by atoms with Crippen LogP contribution in [0.1, 0.15) is 33.6 Å². The van der Waals surface area contributed by atoms with Crippen LogP contribution in [0.3, 0.4) is 0 Å². The van der Waals surface area contributed by atoms with Crippen LogP contribution in [0, 0.1) is 5.92 Å². The van der Waals surface area contributed by atoms with Crippen LogP contribution in [0.25, 0.3) is 0 Å². The topological polar surface area (TPSA) is 9.23 Å². The number of ether oxygens (including phenoxy) is 1. The fourth-order valence-electron chi connectivity index (χ4n) is 0.861. The number of hydrogen-bond acceptors (Lipinski definition) is 1. The third-order valence-corrected chi connectivity index (χ3v) is 2.69. The molecule has 0 rings (SSSR count). The van der Waals surface area contributed by atoms with E-state index in [1.54, 1.807) is 0 Å². The number of alkyl halides is 1. The first-order valence-electron chi connectivity index (χ1n) is 4.38. The Kier molecular flexibility index (Phi) is 7.39. The molecule has 0 bridgehead atoms. The van der Waals surface area contributed by atoms with Gasteiger partial charge in [-0.05, 0) is 26.2 Å². The molecule has 0 amide bonds. The second kappa shape index (κ2) is 7.11. The minimum Gasteiger partial charge on any atom is -0.379 e. The molecular weight excluding hydrogens is 204 g/mol. The third-order valence-electron chi connectivity index (χ3n) is 1.77. The Morgan fingerprint density at radius 3 is 2.36 bits per heavy atom. The summed E-state index contributed by atoms with van der Waals surface area (Å²) in [5.74, 6) is 0.786. The summed E-state index contributed by atoms with van der Waals surface area (Å²) >= 11 is 3.49. The first-order chi connectivity index (χ1) is 5.20. The molecule has 0 saturated heterocycles. The van der Waals surface area contributed by atoms with Crippen molar-refractivity contribution in [1.82, 2.24) is 0 Å². The minimum absolute atomic E-state index is 0.378. The zero-order valence-electron chi connectivity index (χ0n) is 7.77. The fourth-order valence-corrected chi connectivity index (χ4v) is 1.64. The van der Waals surface area contributed by atoms with Gasteiger partial charge in [0.15, 0.2) is 0 Å². The summed E-state index contributed by atoms with van der Waals surface area (Å²) < 4.78 is 5.46. The predicted octanol–water partition coefficient (Wildman–Crippen LogP) is 3.22. The van der Waals surface area contributed by atoms with E-state index in [1.807, 2.05) is 0 Å². The highest BCUT2D eigenvalue weighted by Gasteiger charge is 2.03. The van der Waals surface area contributed by atoms with Crippen LogP contribution in [-0.2, 0) is 4.74 Å². The Morgan fingerprint density at radius 1 is 1.36 bits per heavy atom. The molecule has 11 heavy (non-hydrogen) atoms. The monoisotopic (exact) mass is 222 g/mol. The van der Waals surface area contributed by atoms with E-state index >= 15 is 0 Å². The van der Waals surface area contributed by atoms with E-state index in [-0.39, 0.29) is 0 Å². The molecule has 68 valence electrons. The Morgan fingerprint density at radius 2 is 2.00 bits per heavy atom. The summed E-state index contributed by atoms with van der Waals surface area (Å²) in [4.78, 5) is 0. The van der Waals surface area contributed by atoms with Gasteiger partial charge in [-0.1, -0.05) is 29.3 Å². The second-order valence-corrected chi connectivity index (χ2v) is 3.78. The van der Waals surface area contributed by atoms with Crippen LogP contribution in [-0.4, -0.2) is 18.0 Å². The minimum atomic E-state index is 0.378. The van der Waals surface area contributed by atoms with Gasteiger partial charge in [-0.25, -0.2) is 0 Å². The fraction of sp³-hybridized carbons (Fsp3) is 1.00. The van der Waals surface area contributed by atoms with Crippen LogP contribution in [0.15, 0.2) is 0 Å². The molecule has 0 N–H and O–H groups in total. The molecule has 0 radical (unpaired) electrons. The van der Waals surface area contributed by atoms with Crippen molar-refractivity contribution in [1.29, 1.82) is 0 Å². The van der Waals surface area contributed by atoms with Gasteiger partial charge < -0.3 is 4.74 Å². The molecule has 0 heterocycles. The molecule has 0 spiro atoms. The number of halogens is 1. The first kappa shape index (κ1) is 11.4. The van der Waals surface area contributed by atoms with Crippen LogP contribution >= 0.6 is 15.9 Å². The van der Waals surface area contributed by atoms with Crippen molar-refractivity contribution in [3.05, 3.63) is 0 Å². The van der Waals surface area contributed by atoms with Crippen molar-refractivity contribution >= 4 is 15.9 Å². The van der Waals surface area contributed by atoms with Gasteiger partial charge in [0.1, 0.15) is 0 Å². The van der Waals surface area contributed by atoms with Gasteiger partial charge in [-0.15, -0.1) is 0 Å². The van der Waals surface area contributed by atoms with E-state index in [1.165, 1.54) is 12.8 Å². The van der Waals surface area contributed by atoms with Crippen LogP contribution < -0.4 is 0 Å². The average Bonchev–Trinajstić information content (AvgIpc) is 1.98. The molecule has 1 atom stereocenters. The molecule has 1 unspecified atom stereocenters. The molecule has 1 nitrogen and oxygen atoms in total. The number of hydrogen-bond donors (Lipinski definition) is 0. The smallest absolute Gasteiger partial charge is 0.0518 e. The van der Waals surface area contributed by atoms with Gasteiger partial charge in [0.25, 0.3) is 0 Å². The van der Waals surface area contributed by atoms with Crippen molar-refractivity contribution in [2.45, 2.75) is 39.7 Å². The van der Waals surface area contributed by atoms with Gasteiger partial charge in [0.05, 0.1) is 6.10 Å². The zero-order chi connectivity index (χ0) is 8.69. The SMILES string of the molecule is CCC(CBr)CCOC(C)C. The van der Waals surface area contributed by atoms with Gasteiger partial charge in [0.2, 0.25) is 0 Å². The van der Waals surface area contributed by atoms with E-state index in [0.717, 1.165) is 17.9 Å². The van der Waals surface area contributed by atoms with Crippen molar-refractivity contribution in [2.24, 2.45) is 5.92 Å². The molecule has 0 saturated carbocycles. The lowest BCUT2D eigenvalue weighted by Crippen LogP contribution is -2.09. The van der Waals surface area contributed by atoms with E-state index in [9.17, 15) is 0 Å². The van der Waals surface area contributed by atoms with Crippen LogP contribution in [0.2, 0.25) is 0 Å². The summed E-state index contributed by atoms with van der Waals surface area (Å²) in [5.41, 5.74) is 0. The van der Waals surface area contributed by atoms with Crippen molar-refractivity contribution < 1.29 is 4.74 Å². The molecule has 0 aliphatic rings. The summed E-state index contributed by atoms with van der Waals surface area (Å²) in [7, 11) is 0. The zero-order valence-corrected chi connectivity index (χ0v) is 9.36. The van der Waals surface area contributed by atoms with Crippen molar-refractivity contribution in [2.75, 3.05) is 11.9 Å². The van der Waals surface area contributed by atoms with Gasteiger partial charge >= 0.3 is 0 Å². The Balaban J connectivity index is 3.21. The second-order valence-electron chi connectivity index (χ2n) is 3.14. The highest BCUT2D eigenvalue weighted by molar-refractivity contribution is 9.09.